The second-order valence-electron chi connectivity index (χ2n) is 3.47. The molecule has 0 aliphatic heterocycles. The van der Waals surface area contributed by atoms with Crippen LogP contribution >= 0.6 is 0 Å². The van der Waals surface area contributed by atoms with Crippen LogP contribution < -0.4 is 5.73 Å². The molecule has 1 nitrogen and oxygen atoms in total. The minimum atomic E-state index is 0.353. The lowest BCUT2D eigenvalue weighted by atomic mass is 10.0. The van der Waals surface area contributed by atoms with E-state index in [1.165, 1.54) is 16.3 Å². The summed E-state index contributed by atoms with van der Waals surface area (Å²) < 4.78 is 0. The van der Waals surface area contributed by atoms with Crippen molar-refractivity contribution in [2.75, 3.05) is 0 Å². The molecule has 0 amide bonds. The van der Waals surface area contributed by atoms with Crippen molar-refractivity contribution < 1.29 is 5.73 Å². The lowest BCUT2D eigenvalue weighted by Gasteiger charge is -2.06. The first-order valence-corrected chi connectivity index (χ1v) is 4.60. The molecule has 0 aliphatic rings. The van der Waals surface area contributed by atoms with Crippen molar-refractivity contribution >= 4 is 10.8 Å². The second-order valence-corrected chi connectivity index (χ2v) is 3.47. The molecule has 66 valence electrons. The molecule has 0 spiro atoms. The average molecular weight is 172 g/mol. The molecule has 0 saturated heterocycles. The molecule has 2 rings (SSSR count). The van der Waals surface area contributed by atoms with Gasteiger partial charge in [0.05, 0.1) is 0 Å². The number of hydrogen-bond donors (Lipinski definition) is 1. The molecule has 0 aliphatic carbocycles. The van der Waals surface area contributed by atoms with Crippen LogP contribution in [0.5, 0.6) is 0 Å². The maximum atomic E-state index is 4.06. The number of rotatable bonds is 1. The van der Waals surface area contributed by atoms with Crippen molar-refractivity contribution in [1.82, 2.24) is 0 Å². The fourth-order valence-corrected chi connectivity index (χ4v) is 1.68. The van der Waals surface area contributed by atoms with E-state index in [9.17, 15) is 0 Å². The van der Waals surface area contributed by atoms with Crippen LogP contribution in [0.2, 0.25) is 0 Å². The molecular weight excluding hydrogens is 158 g/mol. The predicted octanol–water partition coefficient (Wildman–Crippen LogP) is 2.14. The van der Waals surface area contributed by atoms with Crippen LogP contribution in [-0.4, -0.2) is 0 Å². The lowest BCUT2D eigenvalue weighted by Crippen LogP contribution is -2.51. The highest BCUT2D eigenvalue weighted by Crippen LogP contribution is 2.21. The molecule has 1 heteroatoms. The van der Waals surface area contributed by atoms with Crippen LogP contribution in [0.15, 0.2) is 42.5 Å². The van der Waals surface area contributed by atoms with E-state index in [1.807, 2.05) is 0 Å². The third-order valence-electron chi connectivity index (χ3n) is 2.35. The van der Waals surface area contributed by atoms with Gasteiger partial charge < -0.3 is 5.73 Å². The fourth-order valence-electron chi connectivity index (χ4n) is 1.68. The summed E-state index contributed by atoms with van der Waals surface area (Å²) in [5.74, 6) is 0. The Morgan fingerprint density at radius 2 is 1.69 bits per heavy atom. The van der Waals surface area contributed by atoms with Crippen molar-refractivity contribution in [2.45, 2.75) is 13.0 Å². The fraction of sp³-hybridized carbons (Fsp3) is 0.167. The van der Waals surface area contributed by atoms with Gasteiger partial charge >= 0.3 is 0 Å². The summed E-state index contributed by atoms with van der Waals surface area (Å²) >= 11 is 0. The number of hydrogen-bond acceptors (Lipinski definition) is 0. The van der Waals surface area contributed by atoms with Crippen LogP contribution in [0.25, 0.3) is 10.8 Å². The van der Waals surface area contributed by atoms with E-state index in [4.69, 9.17) is 0 Å². The van der Waals surface area contributed by atoms with Crippen molar-refractivity contribution in [1.29, 1.82) is 0 Å². The highest BCUT2D eigenvalue weighted by molar-refractivity contribution is 5.85. The summed E-state index contributed by atoms with van der Waals surface area (Å²) in [5.41, 5.74) is 5.39. The van der Waals surface area contributed by atoms with Crippen molar-refractivity contribution in [3.63, 3.8) is 0 Å². The Bertz CT molecular complexity index is 413. The van der Waals surface area contributed by atoms with Gasteiger partial charge in [0.1, 0.15) is 6.04 Å². The van der Waals surface area contributed by atoms with Gasteiger partial charge in [-0.3, -0.25) is 0 Å². The van der Waals surface area contributed by atoms with E-state index < -0.39 is 0 Å². The topological polar surface area (TPSA) is 27.6 Å². The molecule has 0 heterocycles. The third-order valence-corrected chi connectivity index (χ3v) is 2.35. The first kappa shape index (κ1) is 8.27. The van der Waals surface area contributed by atoms with E-state index in [0.717, 1.165) is 0 Å². The van der Waals surface area contributed by atoms with Gasteiger partial charge in [-0.05, 0) is 17.7 Å². The molecular formula is C12H14N+. The summed E-state index contributed by atoms with van der Waals surface area (Å²) in [6.07, 6.45) is 0. The van der Waals surface area contributed by atoms with Crippen LogP contribution in [0, 0.1) is 0 Å². The summed E-state index contributed by atoms with van der Waals surface area (Å²) in [7, 11) is 0. The monoisotopic (exact) mass is 172 g/mol. The first-order chi connectivity index (χ1) is 6.29. The molecule has 0 fully saturated rings. The predicted molar refractivity (Wildman–Crippen MR) is 55.3 cm³/mol. The van der Waals surface area contributed by atoms with E-state index in [0.29, 0.717) is 6.04 Å². The van der Waals surface area contributed by atoms with Crippen LogP contribution in [0.4, 0.5) is 0 Å². The quantitative estimate of drug-likeness (QED) is 0.682. The van der Waals surface area contributed by atoms with E-state index in [1.54, 1.807) is 0 Å². The van der Waals surface area contributed by atoms with Crippen molar-refractivity contribution in [3.05, 3.63) is 48.0 Å². The number of fused-ring (bicyclic) bond motifs is 1. The molecule has 1 atom stereocenters. The average Bonchev–Trinajstić information content (AvgIpc) is 2.17. The Morgan fingerprint density at radius 3 is 2.46 bits per heavy atom. The van der Waals surface area contributed by atoms with Crippen LogP contribution in [0.1, 0.15) is 18.5 Å². The van der Waals surface area contributed by atoms with Gasteiger partial charge in [0, 0.05) is 5.56 Å². The highest BCUT2D eigenvalue weighted by atomic mass is 14.6. The Labute approximate surface area is 78.2 Å². The van der Waals surface area contributed by atoms with Gasteiger partial charge in [-0.1, -0.05) is 42.5 Å². The summed E-state index contributed by atoms with van der Waals surface area (Å²) in [6.45, 7) is 2.13. The van der Waals surface area contributed by atoms with Gasteiger partial charge in [-0.2, -0.15) is 0 Å². The van der Waals surface area contributed by atoms with Crippen LogP contribution in [-0.2, 0) is 0 Å². The molecule has 2 aromatic rings. The zero-order valence-corrected chi connectivity index (χ0v) is 7.83. The van der Waals surface area contributed by atoms with Crippen molar-refractivity contribution in [3.8, 4) is 0 Å². The standard InChI is InChI=1S/C12H13N/c1-9(13)11-8-4-6-10-5-2-3-7-12(10)11/h2-9H,13H2,1H3/p+1. The molecule has 13 heavy (non-hydrogen) atoms. The normalized spacial score (nSPS) is 13.1. The zero-order valence-electron chi connectivity index (χ0n) is 7.83. The second kappa shape index (κ2) is 3.19. The summed E-state index contributed by atoms with van der Waals surface area (Å²) in [4.78, 5) is 0. The molecule has 3 N–H and O–H groups in total. The Hall–Kier alpha value is -1.34. The summed E-state index contributed by atoms with van der Waals surface area (Å²) in [5, 5.41) is 2.63. The lowest BCUT2D eigenvalue weighted by molar-refractivity contribution is -0.420. The smallest absolute Gasteiger partial charge is 0.108 e. The largest absolute Gasteiger partial charge is 0.352 e. The maximum absolute atomic E-state index is 4.06. The zero-order chi connectivity index (χ0) is 9.26. The van der Waals surface area contributed by atoms with Gasteiger partial charge in [-0.25, -0.2) is 0 Å². The van der Waals surface area contributed by atoms with E-state index in [-0.39, 0.29) is 0 Å². The maximum Gasteiger partial charge on any atom is 0.108 e. The molecule has 1 unspecified atom stereocenters. The molecule has 0 aromatic heterocycles. The molecule has 2 aromatic carbocycles. The van der Waals surface area contributed by atoms with Gasteiger partial charge in [0.25, 0.3) is 0 Å². The van der Waals surface area contributed by atoms with Gasteiger partial charge in [0.15, 0.2) is 0 Å². The SMILES string of the molecule is CC([NH3+])c1cccc2ccccc12. The number of quaternary nitrogens is 1. The minimum absolute atomic E-state index is 0.353. The van der Waals surface area contributed by atoms with Gasteiger partial charge in [-0.15, -0.1) is 0 Å². The number of benzene rings is 2. The highest BCUT2D eigenvalue weighted by Gasteiger charge is 2.05. The molecule has 0 saturated carbocycles. The Kier molecular flexibility index (Phi) is 2.03. The van der Waals surface area contributed by atoms with Crippen molar-refractivity contribution in [2.24, 2.45) is 0 Å². The summed E-state index contributed by atoms with van der Waals surface area (Å²) in [6, 6.07) is 15.2. The van der Waals surface area contributed by atoms with Gasteiger partial charge in [0.2, 0.25) is 0 Å². The Morgan fingerprint density at radius 1 is 1.00 bits per heavy atom. The van der Waals surface area contributed by atoms with Crippen LogP contribution in [0.3, 0.4) is 0 Å². The minimum Gasteiger partial charge on any atom is -0.352 e. The van der Waals surface area contributed by atoms with E-state index in [2.05, 4.69) is 55.1 Å². The van der Waals surface area contributed by atoms with E-state index >= 15 is 0 Å². The third kappa shape index (κ3) is 1.43. The Balaban J connectivity index is 2.76. The first-order valence-electron chi connectivity index (χ1n) is 4.60. The molecule has 0 radical (unpaired) electrons. The molecule has 0 bridgehead atoms.